The first-order chi connectivity index (χ1) is 18.1. The Hall–Kier alpha value is -3.16. The van der Waals surface area contributed by atoms with E-state index in [2.05, 4.69) is 15.2 Å². The van der Waals surface area contributed by atoms with Crippen LogP contribution in [-0.4, -0.2) is 19.7 Å². The molecule has 0 saturated carbocycles. The van der Waals surface area contributed by atoms with Gasteiger partial charge in [-0.05, 0) is 53.4 Å². The highest BCUT2D eigenvalue weighted by atomic mass is 32.2. The molecule has 0 aliphatic rings. The third-order valence-corrected chi connectivity index (χ3v) is 8.26. The molecule has 0 aliphatic heterocycles. The van der Waals surface area contributed by atoms with Gasteiger partial charge in [0, 0.05) is 17.5 Å². The fourth-order valence-electron chi connectivity index (χ4n) is 3.66. The summed E-state index contributed by atoms with van der Waals surface area (Å²) in [6.45, 7) is 0.563. The Kier molecular flexibility index (Phi) is 7.34. The minimum absolute atomic E-state index is 0.0166. The molecule has 196 valence electrons. The van der Waals surface area contributed by atoms with Gasteiger partial charge >= 0.3 is 12.4 Å². The van der Waals surface area contributed by atoms with Gasteiger partial charge < -0.3 is 4.57 Å². The van der Waals surface area contributed by atoms with Crippen LogP contribution in [-0.2, 0) is 25.3 Å². The number of halogens is 6. The molecule has 0 bridgehead atoms. The Morgan fingerprint density at radius 1 is 0.816 bits per heavy atom. The molecular formula is C25H16F6N4S3. The third kappa shape index (κ3) is 5.94. The molecule has 5 rings (SSSR count). The van der Waals surface area contributed by atoms with E-state index in [1.165, 1.54) is 16.7 Å². The molecule has 0 atom stereocenters. The minimum Gasteiger partial charge on any atom is -0.301 e. The van der Waals surface area contributed by atoms with E-state index in [1.807, 2.05) is 52.4 Å². The van der Waals surface area contributed by atoms with Gasteiger partial charge in [-0.3, -0.25) is 0 Å². The Balaban J connectivity index is 1.45. The maximum absolute atomic E-state index is 13.3. The van der Waals surface area contributed by atoms with Crippen LogP contribution in [0.2, 0.25) is 0 Å². The summed E-state index contributed by atoms with van der Waals surface area (Å²) < 4.78 is 82.1. The predicted molar refractivity (Wildman–Crippen MR) is 135 cm³/mol. The second kappa shape index (κ2) is 10.5. The molecule has 3 heterocycles. The summed E-state index contributed by atoms with van der Waals surface area (Å²) in [6, 6.07) is 15.1. The molecule has 0 unspecified atom stereocenters. The molecule has 0 radical (unpaired) electrons. The van der Waals surface area contributed by atoms with Gasteiger partial charge in [-0.15, -0.1) is 32.9 Å². The predicted octanol–water partition coefficient (Wildman–Crippen LogP) is 8.56. The van der Waals surface area contributed by atoms with Crippen LogP contribution in [0.1, 0.15) is 16.7 Å². The fourth-order valence-corrected chi connectivity index (χ4v) is 6.16. The number of hydrogen-bond donors (Lipinski definition) is 0. The summed E-state index contributed by atoms with van der Waals surface area (Å²) in [4.78, 5) is 5.24. The summed E-state index contributed by atoms with van der Waals surface area (Å²) in [5.41, 5.74) is -1.89. The molecule has 0 saturated heterocycles. The lowest BCUT2D eigenvalue weighted by atomic mass is 10.0. The lowest BCUT2D eigenvalue weighted by Gasteiger charge is -2.13. The number of aromatic nitrogens is 4. The Labute approximate surface area is 225 Å². The number of thiazole rings is 1. The smallest absolute Gasteiger partial charge is 0.301 e. The van der Waals surface area contributed by atoms with Crippen molar-refractivity contribution in [2.45, 2.75) is 34.8 Å². The van der Waals surface area contributed by atoms with Crippen molar-refractivity contribution < 1.29 is 26.3 Å². The monoisotopic (exact) mass is 582 g/mol. The largest absolute Gasteiger partial charge is 0.416 e. The van der Waals surface area contributed by atoms with E-state index in [0.717, 1.165) is 33.5 Å². The van der Waals surface area contributed by atoms with E-state index in [1.54, 1.807) is 0 Å². The van der Waals surface area contributed by atoms with Crippen LogP contribution in [0.4, 0.5) is 26.3 Å². The van der Waals surface area contributed by atoms with Crippen molar-refractivity contribution in [2.24, 2.45) is 0 Å². The highest BCUT2D eigenvalue weighted by Crippen LogP contribution is 2.40. The van der Waals surface area contributed by atoms with Crippen molar-refractivity contribution in [1.29, 1.82) is 0 Å². The van der Waals surface area contributed by atoms with E-state index in [4.69, 9.17) is 0 Å². The SMILES string of the molecule is FC(F)(F)c1cc(-c2csc(Sc3nnc(-c4cccs4)n3CCc3ccccc3)n2)cc(C(F)(F)F)c1. The lowest BCUT2D eigenvalue weighted by Crippen LogP contribution is -2.11. The third-order valence-electron chi connectivity index (χ3n) is 5.47. The summed E-state index contributed by atoms with van der Waals surface area (Å²) >= 11 is 3.78. The van der Waals surface area contributed by atoms with Gasteiger partial charge in [-0.1, -0.05) is 36.4 Å². The topological polar surface area (TPSA) is 43.6 Å². The normalized spacial score (nSPS) is 12.3. The van der Waals surface area contributed by atoms with Gasteiger partial charge in [0.05, 0.1) is 21.7 Å². The van der Waals surface area contributed by atoms with Crippen LogP contribution in [0, 0.1) is 0 Å². The maximum atomic E-state index is 13.3. The van der Waals surface area contributed by atoms with Crippen molar-refractivity contribution in [1.82, 2.24) is 19.7 Å². The molecule has 5 aromatic rings. The van der Waals surface area contributed by atoms with Crippen molar-refractivity contribution in [3.05, 3.63) is 88.1 Å². The number of rotatable bonds is 7. The Morgan fingerprint density at radius 2 is 1.53 bits per heavy atom. The van der Waals surface area contributed by atoms with Crippen molar-refractivity contribution in [2.75, 3.05) is 0 Å². The molecule has 3 aromatic heterocycles. The van der Waals surface area contributed by atoms with Gasteiger partial charge in [-0.2, -0.15) is 26.3 Å². The molecule has 2 aromatic carbocycles. The van der Waals surface area contributed by atoms with E-state index >= 15 is 0 Å². The number of benzene rings is 2. The van der Waals surface area contributed by atoms with Crippen LogP contribution in [0.3, 0.4) is 0 Å². The molecule has 0 amide bonds. The summed E-state index contributed by atoms with van der Waals surface area (Å²) in [6.07, 6.45) is -9.16. The minimum atomic E-state index is -4.93. The number of aryl methyl sites for hydroxylation is 1. The number of thiophene rings is 1. The first-order valence-electron chi connectivity index (χ1n) is 11.0. The van der Waals surface area contributed by atoms with E-state index in [9.17, 15) is 26.3 Å². The molecule has 0 aliphatic carbocycles. The molecule has 4 nitrogen and oxygen atoms in total. The Bertz CT molecular complexity index is 1490. The van der Waals surface area contributed by atoms with Gasteiger partial charge in [0.2, 0.25) is 0 Å². The molecular weight excluding hydrogens is 566 g/mol. The maximum Gasteiger partial charge on any atom is 0.416 e. The lowest BCUT2D eigenvalue weighted by molar-refractivity contribution is -0.143. The zero-order chi connectivity index (χ0) is 26.9. The molecule has 0 N–H and O–H groups in total. The number of nitrogens with zero attached hydrogens (tertiary/aromatic N) is 4. The quantitative estimate of drug-likeness (QED) is 0.180. The number of hydrogen-bond acceptors (Lipinski definition) is 6. The van der Waals surface area contributed by atoms with Gasteiger partial charge in [-0.25, -0.2) is 4.98 Å². The first-order valence-corrected chi connectivity index (χ1v) is 13.6. The van der Waals surface area contributed by atoms with Gasteiger partial charge in [0.1, 0.15) is 0 Å². The van der Waals surface area contributed by atoms with Crippen LogP contribution in [0.15, 0.2) is 80.9 Å². The van der Waals surface area contributed by atoms with Crippen molar-refractivity contribution >= 4 is 34.4 Å². The van der Waals surface area contributed by atoms with Crippen LogP contribution in [0.5, 0.6) is 0 Å². The van der Waals surface area contributed by atoms with Crippen LogP contribution >= 0.6 is 34.4 Å². The molecule has 38 heavy (non-hydrogen) atoms. The first kappa shape index (κ1) is 26.4. The van der Waals surface area contributed by atoms with Gasteiger partial charge in [0.15, 0.2) is 15.3 Å². The summed E-state index contributed by atoms with van der Waals surface area (Å²) in [5, 5.41) is 12.5. The summed E-state index contributed by atoms with van der Waals surface area (Å²) in [5.74, 6) is 0.669. The Morgan fingerprint density at radius 3 is 2.16 bits per heavy atom. The highest BCUT2D eigenvalue weighted by molar-refractivity contribution is 8.00. The summed E-state index contributed by atoms with van der Waals surface area (Å²) in [7, 11) is 0. The highest BCUT2D eigenvalue weighted by Gasteiger charge is 2.37. The average molecular weight is 583 g/mol. The van der Waals surface area contributed by atoms with Crippen molar-refractivity contribution in [3.8, 4) is 22.0 Å². The van der Waals surface area contributed by atoms with Crippen molar-refractivity contribution in [3.63, 3.8) is 0 Å². The number of alkyl halides is 6. The average Bonchev–Trinajstić information content (AvgIpc) is 3.64. The zero-order valence-electron chi connectivity index (χ0n) is 19.1. The van der Waals surface area contributed by atoms with E-state index < -0.39 is 23.5 Å². The van der Waals surface area contributed by atoms with Crippen LogP contribution < -0.4 is 0 Å². The fraction of sp³-hybridized carbons (Fsp3) is 0.160. The zero-order valence-corrected chi connectivity index (χ0v) is 21.6. The van der Waals surface area contributed by atoms with E-state index in [-0.39, 0.29) is 17.3 Å². The van der Waals surface area contributed by atoms with Gasteiger partial charge in [0.25, 0.3) is 0 Å². The molecule has 0 spiro atoms. The standard InChI is InChI=1S/C25H16F6N4S3/c26-24(27,28)17-11-16(12-18(13-17)25(29,30)31)19-14-37-23(32-19)38-22-34-33-21(20-7-4-10-36-20)35(22)9-8-15-5-2-1-3-6-15/h1-7,10-14H,8-9H2. The second-order valence-corrected chi connectivity index (χ2v) is 11.1. The molecule has 13 heteroatoms. The second-order valence-electron chi connectivity index (χ2n) is 8.07. The van der Waals surface area contributed by atoms with Crippen LogP contribution in [0.25, 0.3) is 22.0 Å². The molecule has 0 fully saturated rings. The van der Waals surface area contributed by atoms with E-state index in [0.29, 0.717) is 40.4 Å².